The molecule has 0 saturated heterocycles. The predicted octanol–water partition coefficient (Wildman–Crippen LogP) is 3.37. The van der Waals surface area contributed by atoms with Crippen LogP contribution in [0.5, 0.6) is 0 Å². The minimum Gasteiger partial charge on any atom is -0.297 e. The molecule has 0 radical (unpaired) electrons. The predicted molar refractivity (Wildman–Crippen MR) is 55.1 cm³/mol. The Morgan fingerprint density at radius 2 is 2.07 bits per heavy atom. The molecule has 0 saturated carbocycles. The molecule has 2 aromatic rings. The molecule has 1 aromatic carbocycles. The van der Waals surface area contributed by atoms with Gasteiger partial charge in [-0.05, 0) is 29.8 Å². The lowest BCUT2D eigenvalue weighted by Crippen LogP contribution is -1.74. The molecule has 0 fully saturated rings. The van der Waals surface area contributed by atoms with Gasteiger partial charge < -0.3 is 0 Å². The van der Waals surface area contributed by atoms with Crippen molar-refractivity contribution in [3.05, 3.63) is 47.1 Å². The van der Waals surface area contributed by atoms with Crippen molar-refractivity contribution in [1.82, 2.24) is 0 Å². The van der Waals surface area contributed by atoms with E-state index in [1.165, 1.54) is 23.5 Å². The second kappa shape index (κ2) is 3.72. The van der Waals surface area contributed by atoms with E-state index in [1.807, 2.05) is 12.1 Å². The zero-order valence-electron chi connectivity index (χ0n) is 7.24. The monoisotopic (exact) mass is 206 g/mol. The fraction of sp³-hybridized carbons (Fsp3) is 0. The molecule has 0 spiro atoms. The highest BCUT2D eigenvalue weighted by molar-refractivity contribution is 7.17. The molecule has 0 bridgehead atoms. The Bertz CT molecular complexity index is 462. The molecular formula is C11H7FOS. The number of aldehydes is 1. The number of carbonyl (C=O) groups excluding carboxylic acids is 1. The summed E-state index contributed by atoms with van der Waals surface area (Å²) < 4.78 is 12.9. The fourth-order valence-electron chi connectivity index (χ4n) is 1.21. The summed E-state index contributed by atoms with van der Waals surface area (Å²) in [6, 6.07) is 9.90. The number of halogens is 1. The summed E-state index contributed by atoms with van der Waals surface area (Å²) in [5.74, 6) is -0.261. The van der Waals surface area contributed by atoms with Crippen molar-refractivity contribution in [2.75, 3.05) is 0 Å². The van der Waals surface area contributed by atoms with Crippen molar-refractivity contribution in [2.24, 2.45) is 0 Å². The summed E-state index contributed by atoms with van der Waals surface area (Å²) in [7, 11) is 0. The number of hydrogen-bond acceptors (Lipinski definition) is 2. The molecule has 0 aliphatic carbocycles. The maximum absolute atomic E-state index is 12.9. The number of carbonyl (C=O) groups is 1. The van der Waals surface area contributed by atoms with E-state index in [1.54, 1.807) is 12.1 Å². The minimum absolute atomic E-state index is 0.261. The average molecular weight is 206 g/mol. The highest BCUT2D eigenvalue weighted by Crippen LogP contribution is 2.27. The Kier molecular flexibility index (Phi) is 2.41. The zero-order valence-corrected chi connectivity index (χ0v) is 8.05. The highest BCUT2D eigenvalue weighted by Gasteiger charge is 2.02. The first-order valence-corrected chi connectivity index (χ1v) is 4.92. The Hall–Kier alpha value is -1.48. The zero-order chi connectivity index (χ0) is 9.97. The SMILES string of the molecule is O=Cc1ccc(-c2cccc(F)c2)s1. The van der Waals surface area contributed by atoms with Gasteiger partial charge in [0.15, 0.2) is 6.29 Å². The van der Waals surface area contributed by atoms with Crippen molar-refractivity contribution >= 4 is 17.6 Å². The lowest BCUT2D eigenvalue weighted by atomic mass is 10.2. The van der Waals surface area contributed by atoms with Gasteiger partial charge in [-0.25, -0.2) is 4.39 Å². The number of thiophene rings is 1. The van der Waals surface area contributed by atoms with Gasteiger partial charge in [-0.1, -0.05) is 12.1 Å². The third kappa shape index (κ3) is 1.72. The van der Waals surface area contributed by atoms with Crippen LogP contribution in [0.4, 0.5) is 4.39 Å². The number of benzene rings is 1. The number of hydrogen-bond donors (Lipinski definition) is 0. The van der Waals surface area contributed by atoms with Crippen LogP contribution in [0.25, 0.3) is 10.4 Å². The topological polar surface area (TPSA) is 17.1 Å². The van der Waals surface area contributed by atoms with Crippen LogP contribution in [-0.4, -0.2) is 6.29 Å². The van der Waals surface area contributed by atoms with Crippen molar-refractivity contribution in [2.45, 2.75) is 0 Å². The van der Waals surface area contributed by atoms with E-state index in [0.717, 1.165) is 16.7 Å². The van der Waals surface area contributed by atoms with Crippen LogP contribution in [0.1, 0.15) is 9.67 Å². The van der Waals surface area contributed by atoms with Gasteiger partial charge in [0, 0.05) is 4.88 Å². The lowest BCUT2D eigenvalue weighted by molar-refractivity contribution is 0.112. The fourth-order valence-corrected chi connectivity index (χ4v) is 2.03. The van der Waals surface area contributed by atoms with Crippen molar-refractivity contribution in [3.63, 3.8) is 0 Å². The summed E-state index contributed by atoms with van der Waals surface area (Å²) in [5.41, 5.74) is 0.808. The molecule has 1 aromatic heterocycles. The Morgan fingerprint density at radius 1 is 1.21 bits per heavy atom. The lowest BCUT2D eigenvalue weighted by Gasteiger charge is -1.95. The Labute approximate surface area is 84.8 Å². The quantitative estimate of drug-likeness (QED) is 0.688. The Balaban J connectivity index is 2.43. The molecule has 2 rings (SSSR count). The summed E-state index contributed by atoms with van der Waals surface area (Å²) >= 11 is 1.36. The summed E-state index contributed by atoms with van der Waals surface area (Å²) in [6.45, 7) is 0. The maximum atomic E-state index is 12.9. The Morgan fingerprint density at radius 3 is 2.71 bits per heavy atom. The standard InChI is InChI=1S/C11H7FOS/c12-9-3-1-2-8(6-9)11-5-4-10(7-13)14-11/h1-7H. The second-order valence-corrected chi connectivity index (χ2v) is 3.95. The second-order valence-electron chi connectivity index (χ2n) is 2.83. The molecule has 0 aliphatic rings. The van der Waals surface area contributed by atoms with E-state index < -0.39 is 0 Å². The van der Waals surface area contributed by atoms with Crippen LogP contribution in [0.3, 0.4) is 0 Å². The van der Waals surface area contributed by atoms with Crippen molar-refractivity contribution in [3.8, 4) is 10.4 Å². The third-order valence-corrected chi connectivity index (χ3v) is 2.91. The summed E-state index contributed by atoms with van der Waals surface area (Å²) in [5, 5.41) is 0. The van der Waals surface area contributed by atoms with Crippen LogP contribution in [0, 0.1) is 5.82 Å². The molecule has 70 valence electrons. The van der Waals surface area contributed by atoms with Crippen LogP contribution < -0.4 is 0 Å². The molecule has 0 aliphatic heterocycles. The van der Waals surface area contributed by atoms with Gasteiger partial charge in [0.25, 0.3) is 0 Å². The van der Waals surface area contributed by atoms with Gasteiger partial charge in [-0.3, -0.25) is 4.79 Å². The molecule has 0 unspecified atom stereocenters. The smallest absolute Gasteiger partial charge is 0.160 e. The minimum atomic E-state index is -0.261. The first-order valence-electron chi connectivity index (χ1n) is 4.10. The van der Waals surface area contributed by atoms with Crippen molar-refractivity contribution in [1.29, 1.82) is 0 Å². The van der Waals surface area contributed by atoms with Gasteiger partial charge in [0.05, 0.1) is 4.88 Å². The molecule has 0 N–H and O–H groups in total. The average Bonchev–Trinajstić information content (AvgIpc) is 2.66. The molecule has 14 heavy (non-hydrogen) atoms. The molecule has 0 amide bonds. The van der Waals surface area contributed by atoms with Crippen LogP contribution >= 0.6 is 11.3 Å². The van der Waals surface area contributed by atoms with Crippen LogP contribution in [-0.2, 0) is 0 Å². The van der Waals surface area contributed by atoms with E-state index in [2.05, 4.69) is 0 Å². The molecule has 1 nitrogen and oxygen atoms in total. The molecular weight excluding hydrogens is 199 g/mol. The largest absolute Gasteiger partial charge is 0.297 e. The molecule has 3 heteroatoms. The third-order valence-electron chi connectivity index (χ3n) is 1.85. The van der Waals surface area contributed by atoms with E-state index in [9.17, 15) is 9.18 Å². The van der Waals surface area contributed by atoms with Gasteiger partial charge in [-0.15, -0.1) is 11.3 Å². The van der Waals surface area contributed by atoms with E-state index in [4.69, 9.17) is 0 Å². The van der Waals surface area contributed by atoms with E-state index in [0.29, 0.717) is 4.88 Å². The van der Waals surface area contributed by atoms with Gasteiger partial charge in [0.1, 0.15) is 5.82 Å². The van der Waals surface area contributed by atoms with Gasteiger partial charge in [-0.2, -0.15) is 0 Å². The molecule has 0 atom stereocenters. The van der Waals surface area contributed by atoms with E-state index >= 15 is 0 Å². The first-order chi connectivity index (χ1) is 6.79. The summed E-state index contributed by atoms with van der Waals surface area (Å²) in [6.07, 6.45) is 0.799. The van der Waals surface area contributed by atoms with Crippen LogP contribution in [0.15, 0.2) is 36.4 Å². The van der Waals surface area contributed by atoms with Gasteiger partial charge >= 0.3 is 0 Å². The molecule has 1 heterocycles. The normalized spacial score (nSPS) is 10.1. The first kappa shape index (κ1) is 9.09. The number of rotatable bonds is 2. The van der Waals surface area contributed by atoms with Crippen molar-refractivity contribution < 1.29 is 9.18 Å². The summed E-state index contributed by atoms with van der Waals surface area (Å²) in [4.78, 5) is 12.0. The van der Waals surface area contributed by atoms with Gasteiger partial charge in [0.2, 0.25) is 0 Å². The highest BCUT2D eigenvalue weighted by atomic mass is 32.1. The maximum Gasteiger partial charge on any atom is 0.160 e. The van der Waals surface area contributed by atoms with Crippen LogP contribution in [0.2, 0.25) is 0 Å². The van der Waals surface area contributed by atoms with E-state index in [-0.39, 0.29) is 5.82 Å².